The largest absolute Gasteiger partial charge is 0.393 e. The van der Waals surface area contributed by atoms with Crippen LogP contribution in [-0.2, 0) is 4.79 Å². The Morgan fingerprint density at radius 3 is 2.28 bits per heavy atom. The molecule has 0 saturated carbocycles. The molecule has 0 radical (unpaired) electrons. The molecule has 25 heavy (non-hydrogen) atoms. The second kappa shape index (κ2) is 9.33. The Hall–Kier alpha value is -2.20. The van der Waals surface area contributed by atoms with E-state index in [-0.39, 0.29) is 23.6 Å². The summed E-state index contributed by atoms with van der Waals surface area (Å²) in [5.74, 6) is -0.216. The van der Waals surface area contributed by atoms with Crippen molar-refractivity contribution < 1.29 is 14.3 Å². The van der Waals surface area contributed by atoms with Crippen molar-refractivity contribution in [3.63, 3.8) is 0 Å². The van der Waals surface area contributed by atoms with E-state index in [2.05, 4.69) is 5.32 Å². The predicted octanol–water partition coefficient (Wildman–Crippen LogP) is 3.99. The molecular weight excluding hydrogens is 317 g/mol. The molecule has 3 unspecified atom stereocenters. The quantitative estimate of drug-likeness (QED) is 0.761. The van der Waals surface area contributed by atoms with E-state index in [1.165, 1.54) is 12.1 Å². The maximum absolute atomic E-state index is 13.0. The van der Waals surface area contributed by atoms with Gasteiger partial charge in [-0.1, -0.05) is 49.4 Å². The van der Waals surface area contributed by atoms with Gasteiger partial charge < -0.3 is 10.4 Å². The summed E-state index contributed by atoms with van der Waals surface area (Å²) in [6.07, 6.45) is 0.514. The summed E-state index contributed by atoms with van der Waals surface area (Å²) in [5, 5.41) is 12.7. The minimum atomic E-state index is -0.430. The van der Waals surface area contributed by atoms with Gasteiger partial charge in [0.05, 0.1) is 6.10 Å². The summed E-state index contributed by atoms with van der Waals surface area (Å²) in [6, 6.07) is 16.2. The second-order valence-corrected chi connectivity index (χ2v) is 6.65. The Kier molecular flexibility index (Phi) is 7.14. The first kappa shape index (κ1) is 19.1. The number of aliphatic hydroxyl groups excluding tert-OH is 1. The van der Waals surface area contributed by atoms with Gasteiger partial charge in [-0.25, -0.2) is 4.39 Å². The van der Waals surface area contributed by atoms with Gasteiger partial charge in [0.1, 0.15) is 5.82 Å². The van der Waals surface area contributed by atoms with Gasteiger partial charge in [0.2, 0.25) is 5.91 Å². The van der Waals surface area contributed by atoms with E-state index in [1.807, 2.05) is 37.3 Å². The van der Waals surface area contributed by atoms with Crippen LogP contribution < -0.4 is 5.32 Å². The van der Waals surface area contributed by atoms with Crippen LogP contribution in [0.3, 0.4) is 0 Å². The van der Waals surface area contributed by atoms with Crippen molar-refractivity contribution in [3.8, 4) is 0 Å². The molecule has 0 aromatic heterocycles. The number of rotatable bonds is 8. The van der Waals surface area contributed by atoms with Gasteiger partial charge in [0.15, 0.2) is 0 Å². The predicted molar refractivity (Wildman–Crippen MR) is 97.9 cm³/mol. The third-order valence-electron chi connectivity index (χ3n) is 4.37. The number of halogens is 1. The number of carbonyl (C=O) groups excluding carboxylic acids is 1. The van der Waals surface area contributed by atoms with Crippen molar-refractivity contribution in [2.45, 2.75) is 44.6 Å². The fraction of sp³-hybridized carbons (Fsp3) is 0.381. The van der Waals surface area contributed by atoms with Crippen LogP contribution in [-0.4, -0.2) is 23.7 Å². The summed E-state index contributed by atoms with van der Waals surface area (Å²) in [5.41, 5.74) is 2.05. The average Bonchev–Trinajstić information content (AvgIpc) is 2.59. The zero-order valence-electron chi connectivity index (χ0n) is 14.8. The number of hydrogen-bond acceptors (Lipinski definition) is 2. The normalized spacial score (nSPS) is 14.6. The first-order chi connectivity index (χ1) is 12.0. The molecule has 0 aliphatic carbocycles. The van der Waals surface area contributed by atoms with Crippen LogP contribution in [0, 0.1) is 5.82 Å². The number of aliphatic hydroxyl groups is 1. The number of benzene rings is 2. The Bertz CT molecular complexity index is 655. The highest BCUT2D eigenvalue weighted by Crippen LogP contribution is 2.22. The molecule has 0 spiro atoms. The Balaban J connectivity index is 1.90. The number of hydrogen-bond donors (Lipinski definition) is 2. The topological polar surface area (TPSA) is 49.3 Å². The first-order valence-corrected chi connectivity index (χ1v) is 8.71. The number of nitrogens with one attached hydrogen (secondary N) is 1. The molecule has 0 aliphatic heterocycles. The fourth-order valence-corrected chi connectivity index (χ4v) is 2.97. The van der Waals surface area contributed by atoms with Crippen LogP contribution in [0.1, 0.15) is 49.7 Å². The van der Waals surface area contributed by atoms with Crippen molar-refractivity contribution in [3.05, 3.63) is 71.5 Å². The third kappa shape index (κ3) is 6.31. The third-order valence-corrected chi connectivity index (χ3v) is 4.37. The highest BCUT2D eigenvalue weighted by Gasteiger charge is 2.17. The first-order valence-electron chi connectivity index (χ1n) is 8.71. The number of amides is 1. The van der Waals surface area contributed by atoms with Crippen molar-refractivity contribution in [2.24, 2.45) is 0 Å². The molecule has 134 valence electrons. The maximum atomic E-state index is 13.0. The molecule has 3 atom stereocenters. The molecule has 0 heterocycles. The van der Waals surface area contributed by atoms with E-state index < -0.39 is 6.10 Å². The highest BCUT2D eigenvalue weighted by atomic mass is 19.1. The summed E-state index contributed by atoms with van der Waals surface area (Å²) in [7, 11) is 0. The molecule has 0 fully saturated rings. The van der Waals surface area contributed by atoms with Gasteiger partial charge in [-0.3, -0.25) is 4.79 Å². The summed E-state index contributed by atoms with van der Waals surface area (Å²) >= 11 is 0. The lowest BCUT2D eigenvalue weighted by molar-refractivity contribution is -0.121. The second-order valence-electron chi connectivity index (χ2n) is 6.65. The maximum Gasteiger partial charge on any atom is 0.220 e. The lowest BCUT2D eigenvalue weighted by Gasteiger charge is -2.20. The zero-order valence-corrected chi connectivity index (χ0v) is 14.8. The van der Waals surface area contributed by atoms with Crippen molar-refractivity contribution in [2.75, 3.05) is 6.54 Å². The van der Waals surface area contributed by atoms with Gasteiger partial charge in [-0.15, -0.1) is 0 Å². The minimum Gasteiger partial charge on any atom is -0.393 e. The molecule has 0 bridgehead atoms. The van der Waals surface area contributed by atoms with E-state index in [4.69, 9.17) is 0 Å². The molecule has 1 amide bonds. The molecule has 3 nitrogen and oxygen atoms in total. The van der Waals surface area contributed by atoms with Crippen molar-refractivity contribution in [1.29, 1.82) is 0 Å². The standard InChI is InChI=1S/C21H26FNO2/c1-15(17-8-10-20(22)11-9-17)12-21(25)23-14-19(13-16(2)24)18-6-4-3-5-7-18/h3-11,15-16,19,24H,12-14H2,1-2H3,(H,23,25). The van der Waals surface area contributed by atoms with E-state index >= 15 is 0 Å². The van der Waals surface area contributed by atoms with Crippen LogP contribution in [0.25, 0.3) is 0 Å². The molecule has 2 rings (SSSR count). The Morgan fingerprint density at radius 2 is 1.68 bits per heavy atom. The number of carbonyl (C=O) groups is 1. The van der Waals surface area contributed by atoms with Crippen LogP contribution in [0.2, 0.25) is 0 Å². The van der Waals surface area contributed by atoms with Gasteiger partial charge in [0, 0.05) is 18.9 Å². The van der Waals surface area contributed by atoms with Crippen LogP contribution in [0.15, 0.2) is 54.6 Å². The summed E-state index contributed by atoms with van der Waals surface area (Å²) in [4.78, 5) is 12.3. The van der Waals surface area contributed by atoms with Crippen LogP contribution in [0.5, 0.6) is 0 Å². The van der Waals surface area contributed by atoms with Gasteiger partial charge in [-0.2, -0.15) is 0 Å². The van der Waals surface area contributed by atoms with E-state index in [9.17, 15) is 14.3 Å². The molecule has 2 aromatic carbocycles. The molecule has 0 aliphatic rings. The molecular formula is C21H26FNO2. The van der Waals surface area contributed by atoms with Gasteiger partial charge in [-0.05, 0) is 42.5 Å². The van der Waals surface area contributed by atoms with Gasteiger partial charge in [0.25, 0.3) is 0 Å². The van der Waals surface area contributed by atoms with Crippen molar-refractivity contribution in [1.82, 2.24) is 5.32 Å². The Morgan fingerprint density at radius 1 is 1.04 bits per heavy atom. The van der Waals surface area contributed by atoms with Crippen LogP contribution >= 0.6 is 0 Å². The smallest absolute Gasteiger partial charge is 0.220 e. The van der Waals surface area contributed by atoms with E-state index in [1.54, 1.807) is 19.1 Å². The monoisotopic (exact) mass is 343 g/mol. The molecule has 2 aromatic rings. The lowest BCUT2D eigenvalue weighted by atomic mass is 9.93. The SMILES string of the molecule is CC(O)CC(CNC(=O)CC(C)c1ccc(F)cc1)c1ccccc1. The summed E-state index contributed by atoms with van der Waals surface area (Å²) in [6.45, 7) is 4.20. The van der Waals surface area contributed by atoms with Gasteiger partial charge >= 0.3 is 0 Å². The molecule has 2 N–H and O–H groups in total. The molecule has 4 heteroatoms. The minimum absolute atomic E-state index is 0.0209. The highest BCUT2D eigenvalue weighted by molar-refractivity contribution is 5.76. The fourth-order valence-electron chi connectivity index (χ4n) is 2.97. The zero-order chi connectivity index (χ0) is 18.2. The molecule has 0 saturated heterocycles. The van der Waals surface area contributed by atoms with E-state index in [0.717, 1.165) is 11.1 Å². The lowest BCUT2D eigenvalue weighted by Crippen LogP contribution is -2.30. The summed E-state index contributed by atoms with van der Waals surface area (Å²) < 4.78 is 13.0. The average molecular weight is 343 g/mol. The van der Waals surface area contributed by atoms with E-state index in [0.29, 0.717) is 19.4 Å². The van der Waals surface area contributed by atoms with Crippen LogP contribution in [0.4, 0.5) is 4.39 Å². The Labute approximate surface area is 148 Å². The van der Waals surface area contributed by atoms with Crippen molar-refractivity contribution >= 4 is 5.91 Å².